The van der Waals surface area contributed by atoms with E-state index < -0.39 is 0 Å². The molecule has 2 aromatic rings. The quantitative estimate of drug-likeness (QED) is 0.911. The molecule has 1 unspecified atom stereocenters. The van der Waals surface area contributed by atoms with Crippen LogP contribution in [0.5, 0.6) is 0 Å². The van der Waals surface area contributed by atoms with E-state index in [1.165, 1.54) is 9.75 Å². The summed E-state index contributed by atoms with van der Waals surface area (Å²) in [6.45, 7) is 2.91. The Morgan fingerprint density at radius 3 is 2.95 bits per heavy atom. The zero-order chi connectivity index (χ0) is 14.1. The molecule has 1 atom stereocenters. The average molecular weight is 350 g/mol. The highest BCUT2D eigenvalue weighted by Crippen LogP contribution is 2.35. The summed E-state index contributed by atoms with van der Waals surface area (Å²) in [7, 11) is 0. The summed E-state index contributed by atoms with van der Waals surface area (Å²) >= 11 is 5.37. The number of guanidine groups is 1. The molecule has 0 fully saturated rings. The van der Waals surface area contributed by atoms with Crippen LogP contribution in [0.1, 0.15) is 22.7 Å². The van der Waals surface area contributed by atoms with Crippen molar-refractivity contribution < 1.29 is 0 Å². The van der Waals surface area contributed by atoms with Crippen molar-refractivity contribution in [3.8, 4) is 0 Å². The highest BCUT2D eigenvalue weighted by Gasteiger charge is 2.29. The Bertz CT molecular complexity index is 650. The molecule has 0 amide bonds. The van der Waals surface area contributed by atoms with Crippen LogP contribution in [0, 0.1) is 0 Å². The Kier molecular flexibility index (Phi) is 3.81. The average Bonchev–Trinajstić information content (AvgIpc) is 3.04. The van der Waals surface area contributed by atoms with Crippen molar-refractivity contribution in [2.75, 3.05) is 11.4 Å². The maximum absolute atomic E-state index is 6.09. The number of aryl methyl sites for hydroxylation is 1. The van der Waals surface area contributed by atoms with Crippen LogP contribution in [0.2, 0.25) is 0 Å². The second-order valence-electron chi connectivity index (χ2n) is 4.72. The third-order valence-corrected chi connectivity index (χ3v) is 5.25. The van der Waals surface area contributed by atoms with Crippen molar-refractivity contribution in [3.05, 3.63) is 50.6 Å². The molecule has 0 bridgehead atoms. The molecule has 2 heterocycles. The normalized spacial score (nSPS) is 18.4. The van der Waals surface area contributed by atoms with Gasteiger partial charge >= 0.3 is 0 Å². The SMILES string of the molecule is CCc1ccc(C2CN=C(N)N2c2cccc(Br)c2)s1. The Hall–Kier alpha value is -1.33. The highest BCUT2D eigenvalue weighted by atomic mass is 79.9. The van der Waals surface area contributed by atoms with Crippen molar-refractivity contribution in [1.29, 1.82) is 0 Å². The van der Waals surface area contributed by atoms with Gasteiger partial charge in [0.2, 0.25) is 0 Å². The molecule has 0 radical (unpaired) electrons. The summed E-state index contributed by atoms with van der Waals surface area (Å²) in [5.74, 6) is 0.597. The van der Waals surface area contributed by atoms with Crippen LogP contribution in [0.25, 0.3) is 0 Å². The number of hydrogen-bond acceptors (Lipinski definition) is 4. The molecule has 1 aromatic carbocycles. The van der Waals surface area contributed by atoms with E-state index in [2.05, 4.69) is 57.0 Å². The minimum Gasteiger partial charge on any atom is -0.369 e. The lowest BCUT2D eigenvalue weighted by molar-refractivity contribution is 0.784. The van der Waals surface area contributed by atoms with E-state index >= 15 is 0 Å². The summed E-state index contributed by atoms with van der Waals surface area (Å²) in [4.78, 5) is 9.28. The standard InChI is InChI=1S/C15H16BrN3S/c1-2-12-6-7-14(20-12)13-9-18-15(17)19(13)11-5-3-4-10(16)8-11/h3-8,13H,2,9H2,1H3,(H2,17,18). The molecule has 1 aliphatic heterocycles. The maximum atomic E-state index is 6.09. The van der Waals surface area contributed by atoms with Crippen LogP contribution in [-0.4, -0.2) is 12.5 Å². The van der Waals surface area contributed by atoms with E-state index in [1.54, 1.807) is 0 Å². The number of anilines is 1. The smallest absolute Gasteiger partial charge is 0.196 e. The van der Waals surface area contributed by atoms with Gasteiger partial charge in [0, 0.05) is 19.9 Å². The third kappa shape index (κ3) is 2.47. The second kappa shape index (κ2) is 5.58. The van der Waals surface area contributed by atoms with Gasteiger partial charge in [0.15, 0.2) is 5.96 Å². The van der Waals surface area contributed by atoms with Crippen LogP contribution in [0.4, 0.5) is 5.69 Å². The fourth-order valence-corrected chi connectivity index (χ4v) is 3.84. The van der Waals surface area contributed by atoms with Gasteiger partial charge in [0.1, 0.15) is 0 Å². The minimum atomic E-state index is 0.217. The zero-order valence-corrected chi connectivity index (χ0v) is 13.6. The van der Waals surface area contributed by atoms with Gasteiger partial charge in [-0.15, -0.1) is 11.3 Å². The predicted molar refractivity (Wildman–Crippen MR) is 89.5 cm³/mol. The predicted octanol–water partition coefficient (Wildman–Crippen LogP) is 3.95. The molecule has 0 spiro atoms. The fraction of sp³-hybridized carbons (Fsp3) is 0.267. The van der Waals surface area contributed by atoms with E-state index in [0.29, 0.717) is 5.96 Å². The maximum Gasteiger partial charge on any atom is 0.196 e. The molecule has 3 rings (SSSR count). The molecule has 3 nitrogen and oxygen atoms in total. The molecule has 5 heteroatoms. The molecule has 1 aliphatic rings. The van der Waals surface area contributed by atoms with E-state index in [0.717, 1.165) is 23.1 Å². The van der Waals surface area contributed by atoms with Gasteiger partial charge in [-0.05, 0) is 36.8 Å². The molecular formula is C15H16BrN3S. The minimum absolute atomic E-state index is 0.217. The number of nitrogens with two attached hydrogens (primary N) is 1. The van der Waals surface area contributed by atoms with Crippen LogP contribution in [0.3, 0.4) is 0 Å². The lowest BCUT2D eigenvalue weighted by Crippen LogP contribution is -2.35. The van der Waals surface area contributed by atoms with Gasteiger partial charge in [-0.2, -0.15) is 0 Å². The highest BCUT2D eigenvalue weighted by molar-refractivity contribution is 9.10. The van der Waals surface area contributed by atoms with Gasteiger partial charge in [0.25, 0.3) is 0 Å². The van der Waals surface area contributed by atoms with Gasteiger partial charge in [-0.1, -0.05) is 28.9 Å². The van der Waals surface area contributed by atoms with Gasteiger partial charge < -0.3 is 10.6 Å². The van der Waals surface area contributed by atoms with Crippen LogP contribution in [0.15, 0.2) is 45.9 Å². The summed E-state index contributed by atoms with van der Waals surface area (Å²) in [6, 6.07) is 12.8. The largest absolute Gasteiger partial charge is 0.369 e. The second-order valence-corrected chi connectivity index (χ2v) is 6.84. The van der Waals surface area contributed by atoms with Gasteiger partial charge in [-0.25, -0.2) is 0 Å². The number of thiophene rings is 1. The van der Waals surface area contributed by atoms with Crippen molar-refractivity contribution >= 4 is 38.9 Å². The number of benzene rings is 1. The van der Waals surface area contributed by atoms with E-state index in [-0.39, 0.29) is 6.04 Å². The first-order chi connectivity index (χ1) is 9.69. The molecule has 0 saturated carbocycles. The first-order valence-corrected chi connectivity index (χ1v) is 8.23. The van der Waals surface area contributed by atoms with Gasteiger partial charge in [-0.3, -0.25) is 4.99 Å². The molecule has 0 aliphatic carbocycles. The summed E-state index contributed by atoms with van der Waals surface area (Å²) < 4.78 is 1.05. The van der Waals surface area contributed by atoms with Crippen molar-refractivity contribution in [2.24, 2.45) is 10.7 Å². The third-order valence-electron chi connectivity index (χ3n) is 3.43. The van der Waals surface area contributed by atoms with Crippen molar-refractivity contribution in [3.63, 3.8) is 0 Å². The Morgan fingerprint density at radius 1 is 1.40 bits per heavy atom. The van der Waals surface area contributed by atoms with Crippen molar-refractivity contribution in [1.82, 2.24) is 0 Å². The summed E-state index contributed by atoms with van der Waals surface area (Å²) in [5, 5.41) is 0. The lowest BCUT2D eigenvalue weighted by Gasteiger charge is -2.25. The molecule has 1 aromatic heterocycles. The first kappa shape index (κ1) is 13.6. The molecule has 104 valence electrons. The monoisotopic (exact) mass is 349 g/mol. The van der Waals surface area contributed by atoms with Crippen LogP contribution < -0.4 is 10.6 Å². The number of halogens is 1. The number of aliphatic imine (C=N–C) groups is 1. The molecule has 0 saturated heterocycles. The number of rotatable bonds is 3. The summed E-state index contributed by atoms with van der Waals surface area (Å²) in [5.41, 5.74) is 7.17. The Balaban J connectivity index is 1.96. The Morgan fingerprint density at radius 2 is 2.25 bits per heavy atom. The first-order valence-electron chi connectivity index (χ1n) is 6.62. The lowest BCUT2D eigenvalue weighted by atomic mass is 10.2. The topological polar surface area (TPSA) is 41.6 Å². The molecule has 2 N–H and O–H groups in total. The van der Waals surface area contributed by atoms with Crippen LogP contribution >= 0.6 is 27.3 Å². The number of hydrogen-bond donors (Lipinski definition) is 1. The zero-order valence-electron chi connectivity index (χ0n) is 11.2. The molecular weight excluding hydrogens is 334 g/mol. The van der Waals surface area contributed by atoms with Crippen LogP contribution in [-0.2, 0) is 6.42 Å². The fourth-order valence-electron chi connectivity index (χ4n) is 2.42. The Labute approximate surface area is 131 Å². The van der Waals surface area contributed by atoms with E-state index in [4.69, 9.17) is 5.73 Å². The number of nitrogens with zero attached hydrogens (tertiary/aromatic N) is 2. The van der Waals surface area contributed by atoms with Gasteiger partial charge in [0.05, 0.1) is 12.6 Å². The molecule has 20 heavy (non-hydrogen) atoms. The van der Waals surface area contributed by atoms with E-state index in [9.17, 15) is 0 Å². The van der Waals surface area contributed by atoms with Crippen molar-refractivity contribution in [2.45, 2.75) is 19.4 Å². The summed E-state index contributed by atoms with van der Waals surface area (Å²) in [6.07, 6.45) is 1.07. The van der Waals surface area contributed by atoms with E-state index in [1.807, 2.05) is 23.5 Å².